The van der Waals surface area contributed by atoms with E-state index in [1.165, 1.54) is 5.56 Å². The number of hydrogen-bond acceptors (Lipinski definition) is 4. The molecule has 0 bridgehead atoms. The first-order valence-corrected chi connectivity index (χ1v) is 15.9. The van der Waals surface area contributed by atoms with Crippen molar-refractivity contribution in [3.63, 3.8) is 0 Å². The lowest BCUT2D eigenvalue weighted by Gasteiger charge is -2.34. The van der Waals surface area contributed by atoms with Gasteiger partial charge in [-0.1, -0.05) is 54.6 Å². The van der Waals surface area contributed by atoms with E-state index in [0.29, 0.717) is 31.7 Å². The lowest BCUT2D eigenvalue weighted by Crippen LogP contribution is -2.50. The van der Waals surface area contributed by atoms with Gasteiger partial charge < -0.3 is 15.5 Å². The summed E-state index contributed by atoms with van der Waals surface area (Å²) >= 11 is 0. The Morgan fingerprint density at radius 3 is 2.44 bits per heavy atom. The summed E-state index contributed by atoms with van der Waals surface area (Å²) in [6.45, 7) is 7.23. The summed E-state index contributed by atoms with van der Waals surface area (Å²) in [5, 5.41) is 6.21. The van der Waals surface area contributed by atoms with Gasteiger partial charge in [0.05, 0.1) is 6.26 Å². The second kappa shape index (κ2) is 11.2. The highest BCUT2D eigenvalue weighted by atomic mass is 32.2. The molecular weight excluding hydrogens is 536 g/mol. The van der Waals surface area contributed by atoms with Gasteiger partial charge in [0.15, 0.2) is 0 Å². The highest BCUT2D eigenvalue weighted by Gasteiger charge is 2.43. The van der Waals surface area contributed by atoms with Gasteiger partial charge in [0, 0.05) is 36.8 Å². The summed E-state index contributed by atoms with van der Waals surface area (Å²) < 4.78 is 26.2. The fraction of sp³-hybridized carbons (Fsp3) is 0.375. The van der Waals surface area contributed by atoms with Crippen LogP contribution in [0, 0.1) is 5.92 Å². The van der Waals surface area contributed by atoms with Gasteiger partial charge in [-0.2, -0.15) is 0 Å². The van der Waals surface area contributed by atoms with Crippen LogP contribution in [0.15, 0.2) is 66.7 Å². The van der Waals surface area contributed by atoms with Crippen LogP contribution in [0.5, 0.6) is 0 Å². The highest BCUT2D eigenvalue weighted by Crippen LogP contribution is 2.47. The van der Waals surface area contributed by atoms with Crippen molar-refractivity contribution in [1.29, 1.82) is 0 Å². The number of urea groups is 1. The maximum absolute atomic E-state index is 13.1. The topological polar surface area (TPSA) is 108 Å². The number of sulfonamides is 1. The Morgan fingerprint density at radius 1 is 0.976 bits per heavy atom. The molecule has 41 heavy (non-hydrogen) atoms. The maximum atomic E-state index is 13.1. The summed E-state index contributed by atoms with van der Waals surface area (Å²) in [5.41, 5.74) is 6.33. The molecule has 216 valence electrons. The molecular formula is C32H38N4O4S. The average molecular weight is 575 g/mol. The van der Waals surface area contributed by atoms with E-state index in [1.807, 2.05) is 74.2 Å². The van der Waals surface area contributed by atoms with Crippen molar-refractivity contribution in [2.75, 3.05) is 17.5 Å². The second-order valence-corrected chi connectivity index (χ2v) is 13.9. The van der Waals surface area contributed by atoms with E-state index < -0.39 is 10.0 Å². The second-order valence-electron chi connectivity index (χ2n) is 12.1. The molecule has 3 N–H and O–H groups in total. The minimum absolute atomic E-state index is 0.0216. The number of fused-ring (bicyclic) bond motifs is 1. The van der Waals surface area contributed by atoms with E-state index in [2.05, 4.69) is 27.5 Å². The molecule has 1 aliphatic heterocycles. The zero-order valence-electron chi connectivity index (χ0n) is 24.0. The van der Waals surface area contributed by atoms with Gasteiger partial charge in [0.25, 0.3) is 0 Å². The smallest absolute Gasteiger partial charge is 0.318 e. The van der Waals surface area contributed by atoms with Gasteiger partial charge in [-0.05, 0) is 85.0 Å². The summed E-state index contributed by atoms with van der Waals surface area (Å²) in [6.07, 6.45) is 2.63. The number of carbonyl (C=O) groups is 2. The zero-order chi connectivity index (χ0) is 29.4. The van der Waals surface area contributed by atoms with Crippen LogP contribution in [0.4, 0.5) is 10.5 Å². The number of benzene rings is 3. The molecule has 9 heteroatoms. The molecule has 0 spiro atoms. The third-order valence-electron chi connectivity index (χ3n) is 7.56. The quantitative estimate of drug-likeness (QED) is 0.369. The Balaban J connectivity index is 1.41. The summed E-state index contributed by atoms with van der Waals surface area (Å²) in [6, 6.07) is 21.4. The molecule has 0 aromatic heterocycles. The largest absolute Gasteiger partial charge is 0.352 e. The van der Waals surface area contributed by atoms with Crippen molar-refractivity contribution < 1.29 is 18.0 Å². The van der Waals surface area contributed by atoms with Crippen LogP contribution in [0.25, 0.3) is 11.1 Å². The van der Waals surface area contributed by atoms with Crippen LogP contribution >= 0.6 is 0 Å². The van der Waals surface area contributed by atoms with Gasteiger partial charge in [0.1, 0.15) is 0 Å². The van der Waals surface area contributed by atoms with Crippen molar-refractivity contribution in [3.8, 4) is 11.1 Å². The Kier molecular flexibility index (Phi) is 7.83. The lowest BCUT2D eigenvalue weighted by atomic mass is 9.87. The first-order valence-electron chi connectivity index (χ1n) is 14.0. The van der Waals surface area contributed by atoms with Gasteiger partial charge in [0.2, 0.25) is 15.9 Å². The molecule has 2 atom stereocenters. The van der Waals surface area contributed by atoms with Crippen molar-refractivity contribution in [3.05, 3.63) is 89.0 Å². The van der Waals surface area contributed by atoms with Gasteiger partial charge in [-0.15, -0.1) is 0 Å². The van der Waals surface area contributed by atoms with E-state index in [9.17, 15) is 18.0 Å². The van der Waals surface area contributed by atoms with E-state index in [-0.39, 0.29) is 29.3 Å². The number of nitrogens with zero attached hydrogens (tertiary/aromatic N) is 1. The van der Waals surface area contributed by atoms with Crippen LogP contribution in [-0.4, -0.2) is 43.6 Å². The van der Waals surface area contributed by atoms with Gasteiger partial charge >= 0.3 is 6.03 Å². The molecule has 8 nitrogen and oxygen atoms in total. The molecule has 2 aliphatic rings. The minimum Gasteiger partial charge on any atom is -0.352 e. The Hall–Kier alpha value is -3.85. The minimum atomic E-state index is -3.41. The van der Waals surface area contributed by atoms with Crippen molar-refractivity contribution in [2.24, 2.45) is 5.92 Å². The third kappa shape index (κ3) is 7.08. The molecule has 1 aliphatic carbocycles. The predicted molar refractivity (Wildman–Crippen MR) is 162 cm³/mol. The standard InChI is InChI=1S/C32H38N4O4S/c1-32(2,3)34-31(38)36-16-15-26-25(22-11-8-12-24(17-22)35-41(4,39)40)14-13-23(29(26)20-36)19-33-30(37)28-18-27(28)21-9-6-5-7-10-21/h5-14,17,27-28,35H,15-16,18-20H2,1-4H3,(H,33,37)(H,34,38)/t27-,28?/m0/s1. The van der Waals surface area contributed by atoms with Crippen molar-refractivity contribution in [1.82, 2.24) is 15.5 Å². The fourth-order valence-corrected chi connectivity index (χ4v) is 6.14. The molecule has 0 saturated heterocycles. The van der Waals surface area contributed by atoms with Crippen molar-refractivity contribution >= 4 is 27.6 Å². The molecule has 1 unspecified atom stereocenters. The van der Waals surface area contributed by atoms with Crippen LogP contribution in [0.2, 0.25) is 0 Å². The maximum Gasteiger partial charge on any atom is 0.318 e. The number of nitrogens with one attached hydrogen (secondary N) is 3. The van der Waals surface area contributed by atoms with Gasteiger partial charge in [-0.25, -0.2) is 13.2 Å². The molecule has 3 amide bonds. The molecule has 1 saturated carbocycles. The molecule has 1 heterocycles. The van der Waals surface area contributed by atoms with E-state index in [1.54, 1.807) is 6.07 Å². The zero-order valence-corrected chi connectivity index (χ0v) is 24.8. The molecule has 3 aromatic carbocycles. The van der Waals surface area contributed by atoms with Crippen LogP contribution in [0.3, 0.4) is 0 Å². The summed E-state index contributed by atoms with van der Waals surface area (Å²) in [5.74, 6) is 0.290. The Labute approximate surface area is 242 Å². The Bertz CT molecular complexity index is 1560. The molecule has 3 aromatic rings. The van der Waals surface area contributed by atoms with E-state index in [4.69, 9.17) is 0 Å². The first-order chi connectivity index (χ1) is 19.4. The molecule has 0 radical (unpaired) electrons. The lowest BCUT2D eigenvalue weighted by molar-refractivity contribution is -0.122. The Morgan fingerprint density at radius 2 is 1.73 bits per heavy atom. The number of anilines is 1. The average Bonchev–Trinajstić information content (AvgIpc) is 3.71. The SMILES string of the molecule is CC(C)(C)NC(=O)N1CCc2c(-c3cccc(NS(C)(=O)=O)c3)ccc(CNC(=O)C3C[C@H]3c3ccccc3)c2C1. The highest BCUT2D eigenvalue weighted by molar-refractivity contribution is 7.92. The van der Waals surface area contributed by atoms with Crippen LogP contribution in [-0.2, 0) is 34.3 Å². The predicted octanol–water partition coefficient (Wildman–Crippen LogP) is 5.01. The van der Waals surface area contributed by atoms with Crippen molar-refractivity contribution in [2.45, 2.75) is 58.2 Å². The van der Waals surface area contributed by atoms with Crippen LogP contribution < -0.4 is 15.4 Å². The molecule has 5 rings (SSSR count). The van der Waals surface area contributed by atoms with E-state index in [0.717, 1.165) is 40.5 Å². The number of carbonyl (C=O) groups excluding carboxylic acids is 2. The monoisotopic (exact) mass is 574 g/mol. The fourth-order valence-electron chi connectivity index (χ4n) is 5.58. The summed E-state index contributed by atoms with van der Waals surface area (Å²) in [7, 11) is -3.41. The third-order valence-corrected chi connectivity index (χ3v) is 8.17. The number of rotatable bonds is 7. The first kappa shape index (κ1) is 28.7. The number of hydrogen-bond donors (Lipinski definition) is 3. The van der Waals surface area contributed by atoms with Crippen LogP contribution in [0.1, 0.15) is 55.4 Å². The number of amides is 3. The normalized spacial score (nSPS) is 18.3. The van der Waals surface area contributed by atoms with Gasteiger partial charge in [-0.3, -0.25) is 9.52 Å². The van der Waals surface area contributed by atoms with E-state index >= 15 is 0 Å². The summed E-state index contributed by atoms with van der Waals surface area (Å²) in [4.78, 5) is 28.0. The molecule has 1 fully saturated rings.